The van der Waals surface area contributed by atoms with Gasteiger partial charge in [-0.15, -0.1) is 0 Å². The van der Waals surface area contributed by atoms with Gasteiger partial charge in [-0.25, -0.2) is 0 Å². The quantitative estimate of drug-likeness (QED) is 0.741. The molecule has 7 heteroatoms. The molecule has 0 aromatic carbocycles. The molecule has 0 aliphatic heterocycles. The Morgan fingerprint density at radius 2 is 2.39 bits per heavy atom. The van der Waals surface area contributed by atoms with Gasteiger partial charge in [0.05, 0.1) is 23.6 Å². The number of hydrogen-bond acceptors (Lipinski definition) is 5. The van der Waals surface area contributed by atoms with Crippen LogP contribution in [0.2, 0.25) is 0 Å². The molecular weight excluding hydrogens is 234 g/mol. The van der Waals surface area contributed by atoms with Gasteiger partial charge in [0.15, 0.2) is 11.5 Å². The highest BCUT2D eigenvalue weighted by Crippen LogP contribution is 2.14. The maximum absolute atomic E-state index is 11.8. The lowest BCUT2D eigenvalue weighted by Gasteiger charge is -2.00. The summed E-state index contributed by atoms with van der Waals surface area (Å²) in [6.07, 6.45) is 0.702. The first-order valence-corrected chi connectivity index (χ1v) is 5.65. The van der Waals surface area contributed by atoms with E-state index in [0.717, 1.165) is 11.4 Å². The van der Waals surface area contributed by atoms with Crippen molar-refractivity contribution in [3.8, 4) is 0 Å². The first-order chi connectivity index (χ1) is 8.61. The fraction of sp³-hybridized carbons (Fsp3) is 0.364. The Kier molecular flexibility index (Phi) is 3.31. The molecule has 7 nitrogen and oxygen atoms in total. The van der Waals surface area contributed by atoms with Crippen LogP contribution < -0.4 is 11.1 Å². The highest BCUT2D eigenvalue weighted by molar-refractivity contribution is 5.97. The Morgan fingerprint density at radius 3 is 2.94 bits per heavy atom. The summed E-state index contributed by atoms with van der Waals surface area (Å²) in [5.41, 5.74) is 7.93. The van der Waals surface area contributed by atoms with Gasteiger partial charge < -0.3 is 15.6 Å². The van der Waals surface area contributed by atoms with E-state index in [1.165, 1.54) is 0 Å². The predicted octanol–water partition coefficient (Wildman–Crippen LogP) is 0.781. The van der Waals surface area contributed by atoms with Crippen LogP contribution in [0.15, 0.2) is 10.6 Å². The highest BCUT2D eigenvalue weighted by atomic mass is 16.5. The van der Waals surface area contributed by atoms with E-state index < -0.39 is 0 Å². The lowest BCUT2D eigenvalue weighted by molar-refractivity contribution is 0.0943. The number of H-pyrrole nitrogens is 1. The maximum Gasteiger partial charge on any atom is 0.274 e. The van der Waals surface area contributed by atoms with Gasteiger partial charge in [0.2, 0.25) is 0 Å². The maximum atomic E-state index is 11.8. The molecular formula is C11H15N5O2. The van der Waals surface area contributed by atoms with Crippen molar-refractivity contribution in [2.45, 2.75) is 26.8 Å². The Hall–Kier alpha value is -2.31. The average Bonchev–Trinajstić information content (AvgIpc) is 2.92. The third-order valence-corrected chi connectivity index (χ3v) is 2.55. The molecule has 0 aliphatic rings. The highest BCUT2D eigenvalue weighted by Gasteiger charge is 2.16. The fourth-order valence-electron chi connectivity index (χ4n) is 1.58. The number of aryl methyl sites for hydroxylation is 2. The van der Waals surface area contributed by atoms with E-state index in [0.29, 0.717) is 17.9 Å². The number of nitrogens with two attached hydrogens (primary N) is 1. The molecule has 2 aromatic heterocycles. The third-order valence-electron chi connectivity index (χ3n) is 2.55. The van der Waals surface area contributed by atoms with Crippen molar-refractivity contribution < 1.29 is 9.32 Å². The number of carbonyl (C=O) groups excluding carboxylic acids is 1. The molecule has 4 N–H and O–H groups in total. The molecule has 0 radical (unpaired) electrons. The summed E-state index contributed by atoms with van der Waals surface area (Å²) in [4.78, 5) is 11.8. The van der Waals surface area contributed by atoms with Gasteiger partial charge in [-0.1, -0.05) is 12.1 Å². The number of amides is 1. The number of aromatic nitrogens is 3. The molecule has 0 spiro atoms. The number of anilines is 1. The molecule has 0 saturated carbocycles. The molecule has 18 heavy (non-hydrogen) atoms. The molecule has 0 atom stereocenters. The van der Waals surface area contributed by atoms with Gasteiger partial charge in [-0.2, -0.15) is 5.10 Å². The molecule has 2 heterocycles. The average molecular weight is 249 g/mol. The minimum absolute atomic E-state index is 0.211. The van der Waals surface area contributed by atoms with Crippen molar-refractivity contribution in [3.05, 3.63) is 28.9 Å². The van der Waals surface area contributed by atoms with Gasteiger partial charge in [-0.05, 0) is 13.3 Å². The zero-order valence-electron chi connectivity index (χ0n) is 10.3. The van der Waals surface area contributed by atoms with Gasteiger partial charge >= 0.3 is 0 Å². The summed E-state index contributed by atoms with van der Waals surface area (Å²) in [5, 5.41) is 13.0. The number of carbonyl (C=O) groups is 1. The van der Waals surface area contributed by atoms with Crippen molar-refractivity contribution in [2.24, 2.45) is 0 Å². The van der Waals surface area contributed by atoms with E-state index in [-0.39, 0.29) is 18.1 Å². The Morgan fingerprint density at radius 1 is 1.61 bits per heavy atom. The predicted molar refractivity (Wildman–Crippen MR) is 64.8 cm³/mol. The molecule has 0 bridgehead atoms. The van der Waals surface area contributed by atoms with E-state index in [2.05, 4.69) is 20.7 Å². The lowest BCUT2D eigenvalue weighted by atomic mass is 10.2. The molecule has 0 fully saturated rings. The Bertz CT molecular complexity index is 558. The van der Waals surface area contributed by atoms with Crippen molar-refractivity contribution in [1.29, 1.82) is 0 Å². The van der Waals surface area contributed by atoms with Crippen LogP contribution in [0, 0.1) is 6.92 Å². The number of nitrogens with zero attached hydrogens (tertiary/aromatic N) is 2. The van der Waals surface area contributed by atoms with Crippen LogP contribution in [-0.2, 0) is 13.0 Å². The van der Waals surface area contributed by atoms with Crippen LogP contribution in [0.1, 0.15) is 34.6 Å². The molecule has 1 amide bonds. The second-order valence-corrected chi connectivity index (χ2v) is 3.94. The molecule has 0 saturated heterocycles. The van der Waals surface area contributed by atoms with Gasteiger partial charge in [0.25, 0.3) is 5.91 Å². The number of nitrogen functional groups attached to an aromatic ring is 1. The van der Waals surface area contributed by atoms with Gasteiger partial charge in [0.1, 0.15) is 0 Å². The minimum Gasteiger partial charge on any atom is -0.395 e. The monoisotopic (exact) mass is 249 g/mol. The molecule has 0 unspecified atom stereocenters. The van der Waals surface area contributed by atoms with Crippen molar-refractivity contribution in [1.82, 2.24) is 20.7 Å². The van der Waals surface area contributed by atoms with Crippen LogP contribution in [0.4, 0.5) is 5.69 Å². The summed E-state index contributed by atoms with van der Waals surface area (Å²) in [7, 11) is 0. The van der Waals surface area contributed by atoms with E-state index >= 15 is 0 Å². The summed E-state index contributed by atoms with van der Waals surface area (Å²) in [6, 6.07) is 1.76. The van der Waals surface area contributed by atoms with E-state index in [9.17, 15) is 4.79 Å². The van der Waals surface area contributed by atoms with Crippen molar-refractivity contribution in [2.75, 3.05) is 5.73 Å². The summed E-state index contributed by atoms with van der Waals surface area (Å²) in [6.45, 7) is 4.00. The van der Waals surface area contributed by atoms with Gasteiger partial charge in [-0.3, -0.25) is 9.89 Å². The number of hydrogen-bond donors (Lipinski definition) is 3. The summed E-state index contributed by atoms with van der Waals surface area (Å²) < 4.78 is 4.98. The largest absolute Gasteiger partial charge is 0.395 e. The van der Waals surface area contributed by atoms with E-state index in [1.54, 1.807) is 6.07 Å². The second kappa shape index (κ2) is 4.91. The van der Waals surface area contributed by atoms with Crippen LogP contribution in [-0.4, -0.2) is 21.3 Å². The summed E-state index contributed by atoms with van der Waals surface area (Å²) in [5.74, 6) is 0.253. The van der Waals surface area contributed by atoms with Crippen LogP contribution in [0.5, 0.6) is 0 Å². The minimum atomic E-state index is -0.336. The normalized spacial score (nSPS) is 10.6. The molecule has 2 aromatic rings. The first kappa shape index (κ1) is 12.2. The Labute approximate surface area is 104 Å². The first-order valence-electron chi connectivity index (χ1n) is 5.65. The molecule has 0 aliphatic carbocycles. The van der Waals surface area contributed by atoms with E-state index in [1.807, 2.05) is 13.8 Å². The SMILES string of the molecule is CCc1[nH]nc(C(=O)NCc2cc(C)no2)c1N. The molecule has 2 rings (SSSR count). The summed E-state index contributed by atoms with van der Waals surface area (Å²) >= 11 is 0. The zero-order valence-corrected chi connectivity index (χ0v) is 10.3. The number of rotatable bonds is 4. The number of aromatic amines is 1. The zero-order chi connectivity index (χ0) is 13.1. The third kappa shape index (κ3) is 2.34. The lowest BCUT2D eigenvalue weighted by Crippen LogP contribution is -2.23. The van der Waals surface area contributed by atoms with E-state index in [4.69, 9.17) is 10.3 Å². The van der Waals surface area contributed by atoms with Crippen LogP contribution >= 0.6 is 0 Å². The smallest absolute Gasteiger partial charge is 0.274 e. The Balaban J connectivity index is 2.01. The van der Waals surface area contributed by atoms with Crippen LogP contribution in [0.25, 0.3) is 0 Å². The standard InChI is InChI=1S/C11H15N5O2/c1-3-8-9(12)10(15-14-8)11(17)13-5-7-4-6(2)16-18-7/h4H,3,5,12H2,1-2H3,(H,13,17)(H,14,15). The molecule has 96 valence electrons. The number of nitrogens with one attached hydrogen (secondary N) is 2. The van der Waals surface area contributed by atoms with Crippen molar-refractivity contribution in [3.63, 3.8) is 0 Å². The fourth-order valence-corrected chi connectivity index (χ4v) is 1.58. The second-order valence-electron chi connectivity index (χ2n) is 3.94. The van der Waals surface area contributed by atoms with Crippen molar-refractivity contribution >= 4 is 11.6 Å². The van der Waals surface area contributed by atoms with Gasteiger partial charge in [0, 0.05) is 6.07 Å². The van der Waals surface area contributed by atoms with Crippen LogP contribution in [0.3, 0.4) is 0 Å². The topological polar surface area (TPSA) is 110 Å².